The summed E-state index contributed by atoms with van der Waals surface area (Å²) in [6.45, 7) is 0.295. The number of amides is 3. The van der Waals surface area contributed by atoms with Crippen LogP contribution in [0.5, 0.6) is 17.2 Å². The van der Waals surface area contributed by atoms with Crippen molar-refractivity contribution in [3.05, 3.63) is 89.1 Å². The van der Waals surface area contributed by atoms with Gasteiger partial charge in [-0.05, 0) is 29.8 Å². The average Bonchev–Trinajstić information content (AvgIpc) is 2.89. The summed E-state index contributed by atoms with van der Waals surface area (Å²) in [5.74, 6) is 0.848. The predicted octanol–water partition coefficient (Wildman–Crippen LogP) is 5.37. The van der Waals surface area contributed by atoms with Gasteiger partial charge in [0.05, 0.1) is 16.1 Å². The van der Waals surface area contributed by atoms with Crippen molar-refractivity contribution >= 4 is 40.1 Å². The normalized spacial score (nSPS) is 10.5. The minimum absolute atomic E-state index is 0.295. The number of halogens is 1. The summed E-state index contributed by atoms with van der Waals surface area (Å²) in [5, 5.41) is 8.70. The van der Waals surface area contributed by atoms with Gasteiger partial charge in [-0.3, -0.25) is 9.78 Å². The van der Waals surface area contributed by atoms with E-state index >= 15 is 0 Å². The Labute approximate surface area is 207 Å². The first kappa shape index (κ1) is 23.8. The zero-order valence-electron chi connectivity index (χ0n) is 19.1. The number of rotatable bonds is 7. The molecule has 4 aromatic rings. The predicted molar refractivity (Wildman–Crippen MR) is 136 cm³/mol. The number of hydrogen-bond acceptors (Lipinski definition) is 5. The van der Waals surface area contributed by atoms with Gasteiger partial charge in [0, 0.05) is 31.7 Å². The number of anilines is 1. The Kier molecular flexibility index (Phi) is 7.32. The van der Waals surface area contributed by atoms with Crippen molar-refractivity contribution in [3.63, 3.8) is 0 Å². The van der Waals surface area contributed by atoms with Gasteiger partial charge in [-0.25, -0.2) is 4.79 Å². The Morgan fingerprint density at radius 1 is 0.914 bits per heavy atom. The summed E-state index contributed by atoms with van der Waals surface area (Å²) in [7, 11) is 3.05. The van der Waals surface area contributed by atoms with Crippen molar-refractivity contribution in [3.8, 4) is 17.2 Å². The molecule has 0 saturated heterocycles. The molecule has 178 valence electrons. The van der Waals surface area contributed by atoms with E-state index in [0.717, 1.165) is 5.56 Å². The molecule has 8 nitrogen and oxygen atoms in total. The average molecular weight is 491 g/mol. The highest BCUT2D eigenvalue weighted by Crippen LogP contribution is 2.38. The number of pyridine rings is 1. The van der Waals surface area contributed by atoms with Gasteiger partial charge in [0.1, 0.15) is 23.8 Å². The number of ether oxygens (including phenoxy) is 2. The minimum atomic E-state index is -0.440. The largest absolute Gasteiger partial charge is 0.488 e. The number of hydrogen-bond donors (Lipinski definition) is 3. The van der Waals surface area contributed by atoms with E-state index in [9.17, 15) is 9.59 Å². The number of carbonyl (C=O) groups is 2. The molecular weight excluding hydrogens is 468 g/mol. The lowest BCUT2D eigenvalue weighted by atomic mass is 10.1. The number of urea groups is 1. The molecule has 3 amide bonds. The molecule has 3 aromatic carbocycles. The number of benzene rings is 3. The van der Waals surface area contributed by atoms with Crippen LogP contribution in [0.25, 0.3) is 10.9 Å². The molecule has 0 unspecified atom stereocenters. The maximum absolute atomic E-state index is 12.7. The third kappa shape index (κ3) is 5.44. The third-order valence-corrected chi connectivity index (χ3v) is 5.49. The molecule has 0 aliphatic rings. The maximum atomic E-state index is 12.7. The van der Waals surface area contributed by atoms with E-state index < -0.39 is 6.03 Å². The summed E-state index contributed by atoms with van der Waals surface area (Å²) in [5.41, 5.74) is 2.19. The van der Waals surface area contributed by atoms with Crippen molar-refractivity contribution < 1.29 is 19.1 Å². The molecular formula is C26H23ClN4O4. The van der Waals surface area contributed by atoms with Gasteiger partial charge < -0.3 is 25.4 Å². The standard InChI is InChI=1S/C26H23ClN4O4/c1-28-25(32)18-13-17-20(14-23(18)34-15-16-7-4-3-5-8-16)30-12-11-21(17)35-22-10-6-9-19(27)24(22)31-26(33)29-2/h3-14H,15H2,1-2H3,(H,28,32)(H2,29,31,33). The van der Waals surface area contributed by atoms with Crippen LogP contribution in [0.2, 0.25) is 5.02 Å². The first-order chi connectivity index (χ1) is 17.0. The molecule has 0 atom stereocenters. The van der Waals surface area contributed by atoms with E-state index in [4.69, 9.17) is 21.1 Å². The molecule has 0 aliphatic heterocycles. The number of para-hydroxylation sites is 1. The van der Waals surface area contributed by atoms with Crippen LogP contribution in [-0.2, 0) is 6.61 Å². The second-order valence-electron chi connectivity index (χ2n) is 7.45. The highest BCUT2D eigenvalue weighted by Gasteiger charge is 2.18. The van der Waals surface area contributed by atoms with E-state index in [2.05, 4.69) is 20.9 Å². The van der Waals surface area contributed by atoms with Crippen LogP contribution in [-0.4, -0.2) is 31.0 Å². The van der Waals surface area contributed by atoms with Crippen LogP contribution in [0, 0.1) is 0 Å². The van der Waals surface area contributed by atoms with E-state index in [0.29, 0.717) is 51.0 Å². The molecule has 4 rings (SSSR count). The summed E-state index contributed by atoms with van der Waals surface area (Å²) >= 11 is 6.30. The molecule has 9 heteroatoms. The molecule has 0 saturated carbocycles. The number of nitrogens with one attached hydrogen (secondary N) is 3. The number of carbonyl (C=O) groups excluding carboxylic acids is 2. The highest BCUT2D eigenvalue weighted by molar-refractivity contribution is 6.34. The van der Waals surface area contributed by atoms with Gasteiger partial charge in [-0.2, -0.15) is 0 Å². The second-order valence-corrected chi connectivity index (χ2v) is 7.85. The molecule has 1 aromatic heterocycles. The summed E-state index contributed by atoms with van der Waals surface area (Å²) in [6, 6.07) is 19.3. The van der Waals surface area contributed by atoms with Crippen LogP contribution in [0.4, 0.5) is 10.5 Å². The van der Waals surface area contributed by atoms with E-state index in [1.165, 1.54) is 7.05 Å². The number of nitrogens with zero attached hydrogens (tertiary/aromatic N) is 1. The van der Waals surface area contributed by atoms with Crippen LogP contribution in [0.15, 0.2) is 72.9 Å². The molecule has 0 radical (unpaired) electrons. The van der Waals surface area contributed by atoms with Gasteiger partial charge in [-0.15, -0.1) is 0 Å². The second kappa shape index (κ2) is 10.8. The lowest BCUT2D eigenvalue weighted by Crippen LogP contribution is -2.24. The lowest BCUT2D eigenvalue weighted by molar-refractivity contribution is 0.0958. The van der Waals surface area contributed by atoms with Gasteiger partial charge >= 0.3 is 6.03 Å². The Bertz CT molecular complexity index is 1380. The van der Waals surface area contributed by atoms with Crippen LogP contribution < -0.4 is 25.4 Å². The van der Waals surface area contributed by atoms with Crippen LogP contribution in [0.1, 0.15) is 15.9 Å². The van der Waals surface area contributed by atoms with Crippen molar-refractivity contribution in [2.24, 2.45) is 0 Å². The number of fused-ring (bicyclic) bond motifs is 1. The zero-order chi connectivity index (χ0) is 24.8. The fraction of sp³-hybridized carbons (Fsp3) is 0.115. The molecule has 1 heterocycles. The van der Waals surface area contributed by atoms with Crippen LogP contribution in [0.3, 0.4) is 0 Å². The first-order valence-electron chi connectivity index (χ1n) is 10.8. The molecule has 3 N–H and O–H groups in total. The van der Waals surface area contributed by atoms with Gasteiger partial charge in [0.15, 0.2) is 5.75 Å². The zero-order valence-corrected chi connectivity index (χ0v) is 19.8. The Balaban J connectivity index is 1.74. The smallest absolute Gasteiger partial charge is 0.319 e. The van der Waals surface area contributed by atoms with Gasteiger partial charge in [-0.1, -0.05) is 48.0 Å². The molecule has 0 bridgehead atoms. The Morgan fingerprint density at radius 3 is 2.46 bits per heavy atom. The molecule has 0 aliphatic carbocycles. The van der Waals surface area contributed by atoms with Crippen molar-refractivity contribution in [2.75, 3.05) is 19.4 Å². The van der Waals surface area contributed by atoms with Crippen molar-refractivity contribution in [1.82, 2.24) is 15.6 Å². The summed E-state index contributed by atoms with van der Waals surface area (Å²) in [6.07, 6.45) is 1.59. The first-order valence-corrected chi connectivity index (χ1v) is 11.1. The van der Waals surface area contributed by atoms with Crippen molar-refractivity contribution in [2.45, 2.75) is 6.61 Å². The summed E-state index contributed by atoms with van der Waals surface area (Å²) < 4.78 is 12.1. The summed E-state index contributed by atoms with van der Waals surface area (Å²) in [4.78, 5) is 29.0. The topological polar surface area (TPSA) is 102 Å². The SMILES string of the molecule is CNC(=O)Nc1c(Cl)cccc1Oc1ccnc2cc(OCc3ccccc3)c(C(=O)NC)cc12. The molecule has 0 spiro atoms. The highest BCUT2D eigenvalue weighted by atomic mass is 35.5. The van der Waals surface area contributed by atoms with E-state index in [1.54, 1.807) is 49.6 Å². The fourth-order valence-electron chi connectivity index (χ4n) is 3.41. The maximum Gasteiger partial charge on any atom is 0.319 e. The van der Waals surface area contributed by atoms with Crippen LogP contribution >= 0.6 is 11.6 Å². The third-order valence-electron chi connectivity index (χ3n) is 5.17. The minimum Gasteiger partial charge on any atom is -0.488 e. The quantitative estimate of drug-likeness (QED) is 0.323. The van der Waals surface area contributed by atoms with Crippen molar-refractivity contribution in [1.29, 1.82) is 0 Å². The van der Waals surface area contributed by atoms with Gasteiger partial charge in [0.2, 0.25) is 0 Å². The monoisotopic (exact) mass is 490 g/mol. The molecule has 0 fully saturated rings. The fourth-order valence-corrected chi connectivity index (χ4v) is 3.62. The van der Waals surface area contributed by atoms with Gasteiger partial charge in [0.25, 0.3) is 5.91 Å². The lowest BCUT2D eigenvalue weighted by Gasteiger charge is -2.16. The van der Waals surface area contributed by atoms with E-state index in [1.807, 2.05) is 30.3 Å². The van der Waals surface area contributed by atoms with E-state index in [-0.39, 0.29) is 5.91 Å². The Morgan fingerprint density at radius 2 is 1.71 bits per heavy atom. The number of aromatic nitrogens is 1. The Hall–Kier alpha value is -4.30. The molecule has 35 heavy (non-hydrogen) atoms.